The Kier molecular flexibility index (Phi) is 7.47. The van der Waals surface area contributed by atoms with E-state index >= 15 is 0 Å². The van der Waals surface area contributed by atoms with Gasteiger partial charge in [0.25, 0.3) is 0 Å². The fraction of sp³-hybridized carbons (Fsp3) is 0.533. The van der Waals surface area contributed by atoms with Gasteiger partial charge < -0.3 is 10.1 Å². The van der Waals surface area contributed by atoms with Crippen LogP contribution in [0.4, 0.5) is 5.69 Å². The third-order valence-corrected chi connectivity index (χ3v) is 4.79. The van der Waals surface area contributed by atoms with Gasteiger partial charge in [0.15, 0.2) is 0 Å². The van der Waals surface area contributed by atoms with Crippen LogP contribution in [0.5, 0.6) is 0 Å². The summed E-state index contributed by atoms with van der Waals surface area (Å²) in [5, 5.41) is 3.12. The first-order valence-electron chi connectivity index (χ1n) is 7.15. The minimum atomic E-state index is -3.48. The van der Waals surface area contributed by atoms with Crippen molar-refractivity contribution in [2.45, 2.75) is 20.3 Å². The normalized spacial score (nSPS) is 11.7. The minimum Gasteiger partial charge on any atom is -0.385 e. The van der Waals surface area contributed by atoms with Crippen molar-refractivity contribution in [1.29, 1.82) is 0 Å². The highest BCUT2D eigenvalue weighted by molar-refractivity contribution is 7.88. The predicted octanol–water partition coefficient (Wildman–Crippen LogP) is 2.19. The molecule has 0 bridgehead atoms. The summed E-state index contributed by atoms with van der Waals surface area (Å²) in [6, 6.07) is 3.64. The maximum atomic E-state index is 12.2. The number of anilines is 1. The standard InChI is InChI=1S/C15H23ClN2O4S/c1-11-8-12(2)15(13(16)9-11)17-14(19)10-18(23(4,20)21)6-5-7-22-3/h8-9H,5-7,10H2,1-4H3,(H,17,19). The number of amides is 1. The molecule has 0 spiro atoms. The van der Waals surface area contributed by atoms with E-state index in [0.717, 1.165) is 21.7 Å². The van der Waals surface area contributed by atoms with E-state index in [1.807, 2.05) is 19.9 Å². The molecule has 0 unspecified atom stereocenters. The summed E-state index contributed by atoms with van der Waals surface area (Å²) < 4.78 is 29.6. The Bertz CT molecular complexity index is 638. The van der Waals surface area contributed by atoms with Gasteiger partial charge in [0.1, 0.15) is 0 Å². The molecule has 0 saturated carbocycles. The summed E-state index contributed by atoms with van der Waals surface area (Å²) in [6.45, 7) is 4.14. The van der Waals surface area contributed by atoms with E-state index in [9.17, 15) is 13.2 Å². The molecule has 23 heavy (non-hydrogen) atoms. The molecular weight excluding hydrogens is 340 g/mol. The molecule has 0 aromatic heterocycles. The fourth-order valence-corrected chi connectivity index (χ4v) is 3.34. The molecule has 1 aromatic carbocycles. The number of rotatable bonds is 8. The van der Waals surface area contributed by atoms with Crippen LogP contribution in [0.25, 0.3) is 0 Å². The number of carbonyl (C=O) groups is 1. The highest BCUT2D eigenvalue weighted by Gasteiger charge is 2.20. The van der Waals surface area contributed by atoms with E-state index < -0.39 is 15.9 Å². The third kappa shape index (κ3) is 6.47. The topological polar surface area (TPSA) is 75.7 Å². The number of nitrogens with one attached hydrogen (secondary N) is 1. The first-order chi connectivity index (χ1) is 10.6. The average Bonchev–Trinajstić information content (AvgIpc) is 2.41. The van der Waals surface area contributed by atoms with Gasteiger partial charge in [0.05, 0.1) is 23.5 Å². The summed E-state index contributed by atoms with van der Waals surface area (Å²) in [4.78, 5) is 12.2. The Morgan fingerprint density at radius 3 is 2.52 bits per heavy atom. The maximum Gasteiger partial charge on any atom is 0.239 e. The van der Waals surface area contributed by atoms with Gasteiger partial charge in [-0.2, -0.15) is 4.31 Å². The number of benzene rings is 1. The van der Waals surface area contributed by atoms with Gasteiger partial charge in [-0.15, -0.1) is 0 Å². The van der Waals surface area contributed by atoms with Crippen LogP contribution in [0.1, 0.15) is 17.5 Å². The molecular formula is C15H23ClN2O4S. The molecule has 6 nitrogen and oxygen atoms in total. The Labute approximate surface area is 142 Å². The number of hydrogen-bond donors (Lipinski definition) is 1. The molecule has 0 heterocycles. The van der Waals surface area contributed by atoms with Gasteiger partial charge in [0.2, 0.25) is 15.9 Å². The largest absolute Gasteiger partial charge is 0.385 e. The average molecular weight is 363 g/mol. The number of methoxy groups -OCH3 is 1. The second-order valence-electron chi connectivity index (χ2n) is 5.43. The molecule has 0 fully saturated rings. The SMILES string of the molecule is COCCCN(CC(=O)Nc1c(C)cc(C)cc1Cl)S(C)(=O)=O. The third-order valence-electron chi connectivity index (χ3n) is 3.24. The summed E-state index contributed by atoms with van der Waals surface area (Å²) in [5.74, 6) is -0.429. The van der Waals surface area contributed by atoms with Crippen LogP contribution in [0, 0.1) is 13.8 Å². The number of nitrogens with zero attached hydrogens (tertiary/aromatic N) is 1. The molecule has 0 aliphatic heterocycles. The van der Waals surface area contributed by atoms with Gasteiger partial charge in [-0.1, -0.05) is 17.7 Å². The molecule has 0 aliphatic rings. The lowest BCUT2D eigenvalue weighted by Crippen LogP contribution is -2.38. The number of carbonyl (C=O) groups excluding carboxylic acids is 1. The van der Waals surface area contributed by atoms with E-state index in [4.69, 9.17) is 16.3 Å². The van der Waals surface area contributed by atoms with Gasteiger partial charge in [-0.25, -0.2) is 8.42 Å². The van der Waals surface area contributed by atoms with Crippen molar-refractivity contribution in [2.24, 2.45) is 0 Å². The first kappa shape index (κ1) is 19.9. The zero-order valence-electron chi connectivity index (χ0n) is 13.8. The molecule has 8 heteroatoms. The molecule has 130 valence electrons. The zero-order valence-corrected chi connectivity index (χ0v) is 15.4. The molecule has 1 rings (SSSR count). The maximum absolute atomic E-state index is 12.2. The molecule has 0 atom stereocenters. The lowest BCUT2D eigenvalue weighted by molar-refractivity contribution is -0.116. The number of aryl methyl sites for hydroxylation is 2. The van der Waals surface area contributed by atoms with E-state index in [1.54, 1.807) is 13.2 Å². The molecule has 1 N–H and O–H groups in total. The van der Waals surface area contributed by atoms with Crippen LogP contribution < -0.4 is 5.32 Å². The van der Waals surface area contributed by atoms with Gasteiger partial charge in [0, 0.05) is 20.3 Å². The second kappa shape index (κ2) is 8.63. The van der Waals surface area contributed by atoms with Crippen molar-refractivity contribution < 1.29 is 17.9 Å². The predicted molar refractivity (Wildman–Crippen MR) is 92.5 cm³/mol. The fourth-order valence-electron chi connectivity index (χ4n) is 2.16. The zero-order chi connectivity index (χ0) is 17.6. The molecule has 0 aliphatic carbocycles. The summed E-state index contributed by atoms with van der Waals surface area (Å²) in [6.07, 6.45) is 1.60. The summed E-state index contributed by atoms with van der Waals surface area (Å²) in [7, 11) is -1.93. The number of sulfonamides is 1. The van der Waals surface area contributed by atoms with Crippen LogP contribution in [-0.2, 0) is 19.6 Å². The summed E-state index contributed by atoms with van der Waals surface area (Å²) >= 11 is 6.14. The smallest absolute Gasteiger partial charge is 0.239 e. The first-order valence-corrected chi connectivity index (χ1v) is 9.38. The van der Waals surface area contributed by atoms with Crippen LogP contribution in [0.15, 0.2) is 12.1 Å². The Morgan fingerprint density at radius 1 is 1.35 bits per heavy atom. The Morgan fingerprint density at radius 2 is 2.00 bits per heavy atom. The van der Waals surface area contributed by atoms with Gasteiger partial charge >= 0.3 is 0 Å². The lowest BCUT2D eigenvalue weighted by Gasteiger charge is -2.20. The van der Waals surface area contributed by atoms with Crippen molar-refractivity contribution >= 4 is 33.2 Å². The van der Waals surface area contributed by atoms with E-state index in [0.29, 0.717) is 23.7 Å². The van der Waals surface area contributed by atoms with Crippen molar-refractivity contribution in [3.63, 3.8) is 0 Å². The monoisotopic (exact) mass is 362 g/mol. The van der Waals surface area contributed by atoms with Gasteiger partial charge in [-0.3, -0.25) is 4.79 Å². The number of hydrogen-bond acceptors (Lipinski definition) is 4. The highest BCUT2D eigenvalue weighted by Crippen LogP contribution is 2.27. The van der Waals surface area contributed by atoms with Crippen LogP contribution in [0.2, 0.25) is 5.02 Å². The van der Waals surface area contributed by atoms with Crippen LogP contribution in [0.3, 0.4) is 0 Å². The molecule has 1 amide bonds. The van der Waals surface area contributed by atoms with Crippen LogP contribution in [-0.4, -0.2) is 51.7 Å². The van der Waals surface area contributed by atoms with Crippen molar-refractivity contribution in [1.82, 2.24) is 4.31 Å². The van der Waals surface area contributed by atoms with E-state index in [1.165, 1.54) is 0 Å². The highest BCUT2D eigenvalue weighted by atomic mass is 35.5. The van der Waals surface area contributed by atoms with Crippen molar-refractivity contribution in [3.8, 4) is 0 Å². The quantitative estimate of drug-likeness (QED) is 0.719. The van der Waals surface area contributed by atoms with Crippen molar-refractivity contribution in [2.75, 3.05) is 38.4 Å². The van der Waals surface area contributed by atoms with E-state index in [2.05, 4.69) is 5.32 Å². The Balaban J connectivity index is 2.80. The molecule has 0 radical (unpaired) electrons. The minimum absolute atomic E-state index is 0.223. The molecule has 0 saturated heterocycles. The number of ether oxygens (including phenoxy) is 1. The van der Waals surface area contributed by atoms with Crippen LogP contribution >= 0.6 is 11.6 Å². The summed E-state index contributed by atoms with van der Waals surface area (Å²) in [5.41, 5.74) is 2.32. The lowest BCUT2D eigenvalue weighted by atomic mass is 10.1. The second-order valence-corrected chi connectivity index (χ2v) is 7.82. The number of halogens is 1. The Hall–Kier alpha value is -1.15. The van der Waals surface area contributed by atoms with E-state index in [-0.39, 0.29) is 13.1 Å². The van der Waals surface area contributed by atoms with Gasteiger partial charge in [-0.05, 0) is 37.5 Å². The molecule has 1 aromatic rings. The van der Waals surface area contributed by atoms with Crippen molar-refractivity contribution in [3.05, 3.63) is 28.3 Å².